The molecule has 26 heavy (non-hydrogen) atoms. The van der Waals surface area contributed by atoms with Crippen LogP contribution < -0.4 is 5.32 Å². The van der Waals surface area contributed by atoms with Crippen LogP contribution in [0.2, 0.25) is 0 Å². The first kappa shape index (κ1) is 19.9. The Hall–Kier alpha value is -2.41. The summed E-state index contributed by atoms with van der Waals surface area (Å²) in [6, 6.07) is 6.72. The predicted octanol–water partition coefficient (Wildman–Crippen LogP) is 2.26. The summed E-state index contributed by atoms with van der Waals surface area (Å²) in [5.74, 6) is 0.606. The lowest BCUT2D eigenvalue weighted by molar-refractivity contribution is 0.305. The molecule has 0 amide bonds. The highest BCUT2D eigenvalue weighted by Gasteiger charge is 2.16. The zero-order valence-corrected chi connectivity index (χ0v) is 16.3. The fourth-order valence-electron chi connectivity index (χ4n) is 2.76. The zero-order valence-electron chi connectivity index (χ0n) is 16.3. The normalized spacial score (nSPS) is 13.1. The zero-order chi connectivity index (χ0) is 19.1. The molecule has 0 saturated heterocycles. The van der Waals surface area contributed by atoms with Gasteiger partial charge in [0.25, 0.3) is 0 Å². The number of aliphatic imine (C=N–C) groups is 1. The highest BCUT2D eigenvalue weighted by molar-refractivity contribution is 5.79. The van der Waals surface area contributed by atoms with E-state index in [4.69, 9.17) is 4.99 Å². The number of hydrogen-bond acceptors (Lipinski definition) is 3. The number of nitrogens with one attached hydrogen (secondary N) is 1. The van der Waals surface area contributed by atoms with Gasteiger partial charge in [0.1, 0.15) is 5.82 Å². The minimum Gasteiger partial charge on any atom is -0.357 e. The van der Waals surface area contributed by atoms with E-state index in [1.54, 1.807) is 16.8 Å². The first-order valence-electron chi connectivity index (χ1n) is 8.79. The highest BCUT2D eigenvalue weighted by atomic mass is 19.1. The third-order valence-electron chi connectivity index (χ3n) is 4.18. The van der Waals surface area contributed by atoms with E-state index < -0.39 is 0 Å². The van der Waals surface area contributed by atoms with Crippen LogP contribution in [0.25, 0.3) is 0 Å². The quantitative estimate of drug-likeness (QED) is 0.608. The molecule has 1 aromatic heterocycles. The third-order valence-corrected chi connectivity index (χ3v) is 4.18. The molecule has 1 N–H and O–H groups in total. The lowest BCUT2D eigenvalue weighted by Gasteiger charge is -2.25. The molecule has 2 rings (SSSR count). The van der Waals surface area contributed by atoms with Gasteiger partial charge in [0, 0.05) is 38.9 Å². The fourth-order valence-corrected chi connectivity index (χ4v) is 2.76. The van der Waals surface area contributed by atoms with Gasteiger partial charge >= 0.3 is 0 Å². The Bertz CT molecular complexity index is 707. The molecule has 142 valence electrons. The van der Waals surface area contributed by atoms with Gasteiger partial charge in [-0.25, -0.2) is 4.39 Å². The van der Waals surface area contributed by atoms with Crippen molar-refractivity contribution in [2.75, 3.05) is 34.2 Å². The van der Waals surface area contributed by atoms with Crippen LogP contribution in [0.1, 0.15) is 24.1 Å². The molecule has 0 fully saturated rings. The average molecular weight is 360 g/mol. The maximum Gasteiger partial charge on any atom is 0.194 e. The number of halogens is 1. The maximum atomic E-state index is 13.1. The molecule has 0 aliphatic carbocycles. The molecular weight excluding hydrogens is 331 g/mol. The second-order valence-corrected chi connectivity index (χ2v) is 6.60. The van der Waals surface area contributed by atoms with Crippen LogP contribution in [0.5, 0.6) is 0 Å². The Morgan fingerprint density at radius 3 is 2.50 bits per heavy atom. The Labute approximate surface area is 155 Å². The molecular formula is C19H29FN6. The van der Waals surface area contributed by atoms with E-state index >= 15 is 0 Å². The predicted molar refractivity (Wildman–Crippen MR) is 103 cm³/mol. The van der Waals surface area contributed by atoms with Gasteiger partial charge in [-0.15, -0.1) is 0 Å². The lowest BCUT2D eigenvalue weighted by atomic mass is 10.1. The van der Waals surface area contributed by atoms with Crippen LogP contribution >= 0.6 is 0 Å². The summed E-state index contributed by atoms with van der Waals surface area (Å²) < 4.78 is 14.9. The average Bonchev–Trinajstić information content (AvgIpc) is 3.02. The summed E-state index contributed by atoms with van der Waals surface area (Å²) in [7, 11) is 7.99. The van der Waals surface area contributed by atoms with Crippen LogP contribution in [-0.4, -0.2) is 59.8 Å². The van der Waals surface area contributed by atoms with Crippen molar-refractivity contribution < 1.29 is 4.39 Å². The topological polar surface area (TPSA) is 48.7 Å². The smallest absolute Gasteiger partial charge is 0.194 e. The summed E-state index contributed by atoms with van der Waals surface area (Å²) in [5.41, 5.74) is 2.18. The minimum absolute atomic E-state index is 0.150. The van der Waals surface area contributed by atoms with Gasteiger partial charge in [0.05, 0.1) is 18.8 Å². The lowest BCUT2D eigenvalue weighted by Crippen LogP contribution is -2.39. The van der Waals surface area contributed by atoms with Crippen LogP contribution in [0.4, 0.5) is 4.39 Å². The van der Waals surface area contributed by atoms with Crippen molar-refractivity contribution in [1.82, 2.24) is 24.9 Å². The number of benzene rings is 1. The van der Waals surface area contributed by atoms with E-state index in [9.17, 15) is 4.39 Å². The number of aromatic nitrogens is 2. The van der Waals surface area contributed by atoms with Crippen LogP contribution in [0, 0.1) is 5.82 Å². The Balaban J connectivity index is 2.11. The van der Waals surface area contributed by atoms with Crippen LogP contribution in [-0.2, 0) is 13.6 Å². The van der Waals surface area contributed by atoms with E-state index in [-0.39, 0.29) is 11.9 Å². The molecule has 2 aromatic rings. The Kier molecular flexibility index (Phi) is 7.15. The number of rotatable bonds is 7. The third kappa shape index (κ3) is 5.56. The van der Waals surface area contributed by atoms with E-state index in [0.29, 0.717) is 13.1 Å². The largest absolute Gasteiger partial charge is 0.357 e. The second-order valence-electron chi connectivity index (χ2n) is 6.60. The fraction of sp³-hybridized carbons (Fsp3) is 0.474. The molecule has 0 aliphatic heterocycles. The molecule has 7 heteroatoms. The molecule has 0 saturated carbocycles. The molecule has 0 bridgehead atoms. The number of likely N-dealkylation sites (N-methyl/N-ethyl adjacent to an activating group) is 1. The van der Waals surface area contributed by atoms with E-state index in [1.165, 1.54) is 12.1 Å². The molecule has 0 spiro atoms. The molecule has 0 aliphatic rings. The summed E-state index contributed by atoms with van der Waals surface area (Å²) in [4.78, 5) is 9.00. The monoisotopic (exact) mass is 360 g/mol. The first-order valence-corrected chi connectivity index (χ1v) is 8.79. The van der Waals surface area contributed by atoms with Crippen LogP contribution in [0.3, 0.4) is 0 Å². The van der Waals surface area contributed by atoms with Gasteiger partial charge in [-0.1, -0.05) is 12.1 Å². The minimum atomic E-state index is -0.220. The number of hydrogen-bond donors (Lipinski definition) is 1. The summed E-state index contributed by atoms with van der Waals surface area (Å²) in [6.07, 6.45) is 3.91. The highest BCUT2D eigenvalue weighted by Crippen LogP contribution is 2.17. The molecule has 1 aromatic carbocycles. The molecule has 1 atom stereocenters. The van der Waals surface area contributed by atoms with E-state index in [1.807, 2.05) is 52.4 Å². The van der Waals surface area contributed by atoms with E-state index in [2.05, 4.69) is 15.3 Å². The van der Waals surface area contributed by atoms with Crippen molar-refractivity contribution in [3.63, 3.8) is 0 Å². The van der Waals surface area contributed by atoms with Gasteiger partial charge in [-0.2, -0.15) is 5.10 Å². The summed E-state index contributed by atoms with van der Waals surface area (Å²) in [6.45, 7) is 4.11. The number of guanidine groups is 1. The van der Waals surface area contributed by atoms with Crippen LogP contribution in [0.15, 0.2) is 41.7 Å². The molecule has 6 nitrogen and oxygen atoms in total. The SMILES string of the molecule is CCNC(=NCC(c1cnn(C)c1)N(C)C)N(C)Cc1ccc(F)cc1. The van der Waals surface area contributed by atoms with Gasteiger partial charge < -0.3 is 15.1 Å². The summed E-state index contributed by atoms with van der Waals surface area (Å²) in [5, 5.41) is 7.59. The maximum absolute atomic E-state index is 13.1. The van der Waals surface area contributed by atoms with Crippen molar-refractivity contribution in [2.24, 2.45) is 12.0 Å². The number of nitrogens with zero attached hydrogens (tertiary/aromatic N) is 5. The van der Waals surface area contributed by atoms with Crippen molar-refractivity contribution in [3.8, 4) is 0 Å². The summed E-state index contributed by atoms with van der Waals surface area (Å²) >= 11 is 0. The van der Waals surface area contributed by atoms with Gasteiger partial charge in [-0.05, 0) is 38.7 Å². The standard InChI is InChI=1S/C19H29FN6/c1-6-21-19(25(4)13-15-7-9-17(20)10-8-15)22-12-18(24(2)3)16-11-23-26(5)14-16/h7-11,14,18H,6,12-13H2,1-5H3,(H,21,22). The molecule has 0 radical (unpaired) electrons. The molecule has 1 heterocycles. The van der Waals surface area contributed by atoms with Gasteiger partial charge in [0.2, 0.25) is 0 Å². The molecule has 1 unspecified atom stereocenters. The van der Waals surface area contributed by atoms with Crippen molar-refractivity contribution in [1.29, 1.82) is 0 Å². The van der Waals surface area contributed by atoms with Crippen molar-refractivity contribution in [2.45, 2.75) is 19.5 Å². The van der Waals surface area contributed by atoms with E-state index in [0.717, 1.165) is 23.6 Å². The Morgan fingerprint density at radius 1 is 1.27 bits per heavy atom. The second kappa shape index (κ2) is 9.33. The van der Waals surface area contributed by atoms with Crippen molar-refractivity contribution in [3.05, 3.63) is 53.6 Å². The number of aryl methyl sites for hydroxylation is 1. The first-order chi connectivity index (χ1) is 12.4. The van der Waals surface area contributed by atoms with Gasteiger partial charge in [0.15, 0.2) is 5.96 Å². The van der Waals surface area contributed by atoms with Gasteiger partial charge in [-0.3, -0.25) is 9.67 Å². The van der Waals surface area contributed by atoms with Crippen molar-refractivity contribution >= 4 is 5.96 Å². The Morgan fingerprint density at radius 2 is 1.96 bits per heavy atom.